The van der Waals surface area contributed by atoms with E-state index in [1.165, 1.54) is 0 Å². The van der Waals surface area contributed by atoms with Crippen LogP contribution in [0.2, 0.25) is 0 Å². The van der Waals surface area contributed by atoms with Crippen molar-refractivity contribution in [2.24, 2.45) is 5.73 Å². The lowest BCUT2D eigenvalue weighted by Crippen LogP contribution is -2.57. The van der Waals surface area contributed by atoms with Crippen molar-refractivity contribution in [2.75, 3.05) is 26.2 Å². The molecule has 16 heavy (non-hydrogen) atoms. The molecule has 0 aromatic carbocycles. The lowest BCUT2D eigenvalue weighted by Gasteiger charge is -2.42. The molecule has 1 aliphatic heterocycles. The molecule has 1 unspecified atom stereocenters. The van der Waals surface area contributed by atoms with Gasteiger partial charge < -0.3 is 10.6 Å². The van der Waals surface area contributed by atoms with E-state index >= 15 is 0 Å². The maximum atomic E-state index is 11.6. The lowest BCUT2D eigenvalue weighted by molar-refractivity contribution is -0.134. The Morgan fingerprint density at radius 3 is 2.75 bits per heavy atom. The maximum absolute atomic E-state index is 11.6. The first-order chi connectivity index (χ1) is 7.60. The van der Waals surface area contributed by atoms with Crippen LogP contribution in [0.1, 0.15) is 20.3 Å². The first-order valence-electron chi connectivity index (χ1n) is 5.70. The number of piperazine rings is 1. The minimum Gasteiger partial charge on any atom is -0.335 e. The van der Waals surface area contributed by atoms with Crippen molar-refractivity contribution in [3.05, 3.63) is 0 Å². The number of nitriles is 1. The number of nitrogens with zero attached hydrogens (tertiary/aromatic N) is 3. The van der Waals surface area contributed by atoms with Gasteiger partial charge in [-0.15, -0.1) is 0 Å². The Bertz CT molecular complexity index is 284. The Hall–Kier alpha value is -1.12. The van der Waals surface area contributed by atoms with Crippen LogP contribution in [0.5, 0.6) is 0 Å². The Morgan fingerprint density at radius 1 is 1.56 bits per heavy atom. The van der Waals surface area contributed by atoms with Gasteiger partial charge in [0.1, 0.15) is 0 Å². The fraction of sp³-hybridized carbons (Fsp3) is 0.818. The largest absolute Gasteiger partial charge is 0.335 e. The molecule has 1 saturated heterocycles. The van der Waals surface area contributed by atoms with Crippen LogP contribution in [0.15, 0.2) is 0 Å². The Morgan fingerprint density at radius 2 is 2.25 bits per heavy atom. The topological polar surface area (TPSA) is 73.4 Å². The third-order valence-corrected chi connectivity index (χ3v) is 3.07. The number of rotatable bonds is 3. The molecule has 0 aliphatic carbocycles. The van der Waals surface area contributed by atoms with Crippen molar-refractivity contribution < 1.29 is 4.79 Å². The lowest BCUT2D eigenvalue weighted by atomic mass is 10.1. The normalized spacial score (nSPS) is 22.2. The van der Waals surface area contributed by atoms with Gasteiger partial charge in [0.2, 0.25) is 5.91 Å². The zero-order valence-electron chi connectivity index (χ0n) is 10.0. The van der Waals surface area contributed by atoms with E-state index in [0.717, 1.165) is 13.1 Å². The Balaban J connectivity index is 2.67. The van der Waals surface area contributed by atoms with Gasteiger partial charge in [-0.3, -0.25) is 9.69 Å². The van der Waals surface area contributed by atoms with E-state index in [9.17, 15) is 4.79 Å². The summed E-state index contributed by atoms with van der Waals surface area (Å²) in [6, 6.07) is 2.60. The molecule has 0 aromatic rings. The number of nitrogens with two attached hydrogens (primary N) is 1. The SMILES string of the molecule is CC(C)N1CCN(C(=O)CN)C(CC#N)C1. The second kappa shape index (κ2) is 5.83. The first-order valence-corrected chi connectivity index (χ1v) is 5.70. The van der Waals surface area contributed by atoms with E-state index in [-0.39, 0.29) is 18.5 Å². The molecule has 5 nitrogen and oxygen atoms in total. The van der Waals surface area contributed by atoms with Gasteiger partial charge in [-0.05, 0) is 13.8 Å². The maximum Gasteiger partial charge on any atom is 0.236 e. The molecule has 1 fully saturated rings. The van der Waals surface area contributed by atoms with E-state index in [2.05, 4.69) is 24.8 Å². The molecule has 1 atom stereocenters. The number of carbonyl (C=O) groups excluding carboxylic acids is 1. The highest BCUT2D eigenvalue weighted by molar-refractivity contribution is 5.78. The van der Waals surface area contributed by atoms with Gasteiger partial charge in [0, 0.05) is 25.7 Å². The van der Waals surface area contributed by atoms with Crippen LogP contribution >= 0.6 is 0 Å². The van der Waals surface area contributed by atoms with E-state index < -0.39 is 0 Å². The molecule has 1 rings (SSSR count). The van der Waals surface area contributed by atoms with Crippen molar-refractivity contribution in [1.29, 1.82) is 5.26 Å². The second-order valence-corrected chi connectivity index (χ2v) is 4.40. The number of carbonyl (C=O) groups is 1. The minimum atomic E-state index is -0.0522. The molecule has 2 N–H and O–H groups in total. The van der Waals surface area contributed by atoms with E-state index in [4.69, 9.17) is 11.0 Å². The Kier molecular flexibility index (Phi) is 4.71. The fourth-order valence-electron chi connectivity index (χ4n) is 2.07. The van der Waals surface area contributed by atoms with Gasteiger partial charge in [-0.2, -0.15) is 5.26 Å². The number of hydrogen-bond donors (Lipinski definition) is 1. The summed E-state index contributed by atoms with van der Waals surface area (Å²) >= 11 is 0. The zero-order valence-corrected chi connectivity index (χ0v) is 10.0. The summed E-state index contributed by atoms with van der Waals surface area (Å²) in [7, 11) is 0. The molecule has 1 amide bonds. The summed E-state index contributed by atoms with van der Waals surface area (Å²) in [4.78, 5) is 15.6. The third kappa shape index (κ3) is 2.94. The van der Waals surface area contributed by atoms with E-state index in [1.807, 2.05) is 0 Å². The molecule has 0 radical (unpaired) electrons. The third-order valence-electron chi connectivity index (χ3n) is 3.07. The van der Waals surface area contributed by atoms with Crippen LogP contribution in [-0.2, 0) is 4.79 Å². The van der Waals surface area contributed by atoms with Gasteiger partial charge in [0.15, 0.2) is 0 Å². The average molecular weight is 224 g/mol. The highest BCUT2D eigenvalue weighted by atomic mass is 16.2. The predicted molar refractivity (Wildman–Crippen MR) is 61.5 cm³/mol. The molecule has 1 heterocycles. The Labute approximate surface area is 96.8 Å². The van der Waals surface area contributed by atoms with Gasteiger partial charge in [-0.1, -0.05) is 0 Å². The van der Waals surface area contributed by atoms with E-state index in [1.54, 1.807) is 4.90 Å². The van der Waals surface area contributed by atoms with Crippen LogP contribution in [0.25, 0.3) is 0 Å². The second-order valence-electron chi connectivity index (χ2n) is 4.40. The van der Waals surface area contributed by atoms with Gasteiger partial charge >= 0.3 is 0 Å². The number of amides is 1. The molecule has 0 spiro atoms. The summed E-state index contributed by atoms with van der Waals surface area (Å²) < 4.78 is 0. The molecular formula is C11H20N4O. The zero-order chi connectivity index (χ0) is 12.1. The summed E-state index contributed by atoms with van der Waals surface area (Å²) in [5.41, 5.74) is 5.37. The summed E-state index contributed by atoms with van der Waals surface area (Å²) in [5, 5.41) is 8.78. The quantitative estimate of drug-likeness (QED) is 0.719. The summed E-state index contributed by atoms with van der Waals surface area (Å²) in [5.74, 6) is -0.0522. The van der Waals surface area contributed by atoms with E-state index in [0.29, 0.717) is 19.0 Å². The van der Waals surface area contributed by atoms with Crippen LogP contribution in [-0.4, -0.2) is 54.0 Å². The molecule has 0 saturated carbocycles. The van der Waals surface area contributed by atoms with Crippen molar-refractivity contribution in [3.8, 4) is 6.07 Å². The van der Waals surface area contributed by atoms with Crippen molar-refractivity contribution in [1.82, 2.24) is 9.80 Å². The highest BCUT2D eigenvalue weighted by Gasteiger charge is 2.30. The average Bonchev–Trinajstić information content (AvgIpc) is 2.28. The van der Waals surface area contributed by atoms with Crippen LogP contribution < -0.4 is 5.73 Å². The monoisotopic (exact) mass is 224 g/mol. The van der Waals surface area contributed by atoms with Gasteiger partial charge in [-0.25, -0.2) is 0 Å². The summed E-state index contributed by atoms with van der Waals surface area (Å²) in [6.45, 7) is 6.61. The molecule has 0 bridgehead atoms. The number of hydrogen-bond acceptors (Lipinski definition) is 4. The van der Waals surface area contributed by atoms with Gasteiger partial charge in [0.05, 0.1) is 25.1 Å². The molecule has 90 valence electrons. The smallest absolute Gasteiger partial charge is 0.236 e. The van der Waals surface area contributed by atoms with Crippen LogP contribution in [0.3, 0.4) is 0 Å². The molecule has 0 aromatic heterocycles. The van der Waals surface area contributed by atoms with Crippen LogP contribution in [0, 0.1) is 11.3 Å². The van der Waals surface area contributed by atoms with Crippen LogP contribution in [0.4, 0.5) is 0 Å². The molecule has 1 aliphatic rings. The van der Waals surface area contributed by atoms with Gasteiger partial charge in [0.25, 0.3) is 0 Å². The standard InChI is InChI=1S/C11H20N4O/c1-9(2)14-5-6-15(11(16)7-13)10(8-14)3-4-12/h9-10H,3,5-8,13H2,1-2H3. The fourth-order valence-corrected chi connectivity index (χ4v) is 2.07. The predicted octanol–water partition coefficient (Wildman–Crippen LogP) is -0.220. The minimum absolute atomic E-state index is 0.00259. The van der Waals surface area contributed by atoms with Crippen molar-refractivity contribution in [3.63, 3.8) is 0 Å². The first kappa shape index (κ1) is 12.9. The highest BCUT2D eigenvalue weighted by Crippen LogP contribution is 2.14. The molecular weight excluding hydrogens is 204 g/mol. The molecule has 5 heteroatoms. The van der Waals surface area contributed by atoms with Crippen molar-refractivity contribution in [2.45, 2.75) is 32.4 Å². The van der Waals surface area contributed by atoms with Crippen molar-refractivity contribution >= 4 is 5.91 Å². The summed E-state index contributed by atoms with van der Waals surface area (Å²) in [6.07, 6.45) is 0.384.